The van der Waals surface area contributed by atoms with Gasteiger partial charge in [0, 0.05) is 19.6 Å². The van der Waals surface area contributed by atoms with Crippen LogP contribution in [-0.4, -0.2) is 41.8 Å². The average molecular weight is 253 g/mol. The number of benzene rings is 1. The number of halogens is 1. The van der Waals surface area contributed by atoms with E-state index in [-0.39, 0.29) is 5.82 Å². The molecule has 98 valence electrons. The molecule has 0 radical (unpaired) electrons. The summed E-state index contributed by atoms with van der Waals surface area (Å²) in [5.41, 5.74) is 1.90. The summed E-state index contributed by atoms with van der Waals surface area (Å²) in [6.07, 6.45) is -0.764. The molecule has 0 aliphatic carbocycles. The van der Waals surface area contributed by atoms with E-state index in [0.29, 0.717) is 26.2 Å². The molecule has 0 saturated carbocycles. The van der Waals surface area contributed by atoms with Crippen LogP contribution in [0, 0.1) is 12.7 Å². The highest BCUT2D eigenvalue weighted by atomic mass is 19.1. The summed E-state index contributed by atoms with van der Waals surface area (Å²) in [4.78, 5) is 12.9. The summed E-state index contributed by atoms with van der Waals surface area (Å²) in [6.45, 7) is 3.96. The third-order valence-electron chi connectivity index (χ3n) is 3.12. The number of aryl methyl sites for hydroxylation is 1. The van der Waals surface area contributed by atoms with E-state index in [9.17, 15) is 9.18 Å². The predicted octanol–water partition coefficient (Wildman–Crippen LogP) is 1.42. The number of morpholine rings is 1. The molecule has 0 spiro atoms. The molecule has 1 unspecified atom stereocenters. The molecule has 1 N–H and O–H groups in total. The summed E-state index contributed by atoms with van der Waals surface area (Å²) in [7, 11) is 0. The van der Waals surface area contributed by atoms with Gasteiger partial charge < -0.3 is 9.84 Å². The number of nitrogens with zero attached hydrogens (tertiary/aromatic N) is 1. The zero-order valence-electron chi connectivity index (χ0n) is 10.2. The Morgan fingerprint density at radius 2 is 2.39 bits per heavy atom. The van der Waals surface area contributed by atoms with Crippen LogP contribution >= 0.6 is 0 Å². The van der Waals surface area contributed by atoms with E-state index in [1.165, 1.54) is 12.1 Å². The van der Waals surface area contributed by atoms with Gasteiger partial charge in [-0.1, -0.05) is 6.07 Å². The van der Waals surface area contributed by atoms with Gasteiger partial charge in [-0.15, -0.1) is 0 Å². The van der Waals surface area contributed by atoms with Crippen molar-refractivity contribution in [3.63, 3.8) is 0 Å². The predicted molar refractivity (Wildman–Crippen MR) is 63.8 cm³/mol. The first kappa shape index (κ1) is 13.0. The smallest absolute Gasteiger partial charge is 0.334 e. The molecule has 1 saturated heterocycles. The Morgan fingerprint density at radius 3 is 3.06 bits per heavy atom. The van der Waals surface area contributed by atoms with Crippen LogP contribution in [0.3, 0.4) is 0 Å². The van der Waals surface area contributed by atoms with Gasteiger partial charge in [0.05, 0.1) is 6.61 Å². The molecular weight excluding hydrogens is 237 g/mol. The lowest BCUT2D eigenvalue weighted by molar-refractivity contribution is -0.156. The van der Waals surface area contributed by atoms with Crippen molar-refractivity contribution in [1.82, 2.24) is 4.90 Å². The Kier molecular flexibility index (Phi) is 3.93. The Hall–Kier alpha value is -1.46. The van der Waals surface area contributed by atoms with Crippen molar-refractivity contribution in [2.45, 2.75) is 19.6 Å². The van der Waals surface area contributed by atoms with Crippen molar-refractivity contribution < 1.29 is 19.0 Å². The number of aliphatic carboxylic acids is 1. The number of rotatable bonds is 3. The molecule has 2 rings (SSSR count). The molecule has 1 fully saturated rings. The van der Waals surface area contributed by atoms with Crippen LogP contribution in [0.4, 0.5) is 4.39 Å². The first-order valence-corrected chi connectivity index (χ1v) is 5.88. The van der Waals surface area contributed by atoms with E-state index in [4.69, 9.17) is 9.84 Å². The SMILES string of the molecule is Cc1cc(F)ccc1CN1CCOC(C(=O)O)C1. The van der Waals surface area contributed by atoms with Crippen LogP contribution in [-0.2, 0) is 16.1 Å². The number of carboxylic acid groups (broad SMARTS) is 1. The molecule has 1 atom stereocenters. The zero-order valence-corrected chi connectivity index (χ0v) is 10.2. The van der Waals surface area contributed by atoms with Gasteiger partial charge in [-0.05, 0) is 30.2 Å². The molecule has 1 aliphatic heterocycles. The van der Waals surface area contributed by atoms with Crippen molar-refractivity contribution in [1.29, 1.82) is 0 Å². The second kappa shape index (κ2) is 5.46. The fourth-order valence-corrected chi connectivity index (χ4v) is 2.07. The van der Waals surface area contributed by atoms with E-state index in [1.807, 2.05) is 11.8 Å². The van der Waals surface area contributed by atoms with Gasteiger partial charge in [-0.2, -0.15) is 0 Å². The van der Waals surface area contributed by atoms with Gasteiger partial charge >= 0.3 is 5.97 Å². The second-order valence-corrected chi connectivity index (χ2v) is 4.50. The Bertz CT molecular complexity index is 450. The summed E-state index contributed by atoms with van der Waals surface area (Å²) >= 11 is 0. The quantitative estimate of drug-likeness (QED) is 0.885. The van der Waals surface area contributed by atoms with Gasteiger partial charge in [-0.25, -0.2) is 9.18 Å². The van der Waals surface area contributed by atoms with E-state index in [2.05, 4.69) is 0 Å². The summed E-state index contributed by atoms with van der Waals surface area (Å²) in [5, 5.41) is 8.91. The number of carboxylic acids is 1. The summed E-state index contributed by atoms with van der Waals surface area (Å²) in [5.74, 6) is -1.18. The van der Waals surface area contributed by atoms with Gasteiger partial charge in [-0.3, -0.25) is 4.90 Å². The van der Waals surface area contributed by atoms with Crippen molar-refractivity contribution in [2.24, 2.45) is 0 Å². The van der Waals surface area contributed by atoms with Crippen LogP contribution in [0.1, 0.15) is 11.1 Å². The standard InChI is InChI=1S/C13H16FNO3/c1-9-6-11(14)3-2-10(9)7-15-4-5-18-12(8-15)13(16)17/h2-3,6,12H,4-5,7-8H2,1H3,(H,16,17). The molecule has 0 amide bonds. The highest BCUT2D eigenvalue weighted by Gasteiger charge is 2.26. The van der Waals surface area contributed by atoms with Crippen molar-refractivity contribution in [3.8, 4) is 0 Å². The van der Waals surface area contributed by atoms with Crippen LogP contribution in [0.5, 0.6) is 0 Å². The number of hydrogen-bond donors (Lipinski definition) is 1. The Morgan fingerprint density at radius 1 is 1.61 bits per heavy atom. The van der Waals surface area contributed by atoms with E-state index in [1.54, 1.807) is 6.07 Å². The molecule has 0 bridgehead atoms. The minimum absolute atomic E-state index is 0.248. The monoisotopic (exact) mass is 253 g/mol. The molecule has 1 heterocycles. The highest BCUT2D eigenvalue weighted by Crippen LogP contribution is 2.15. The lowest BCUT2D eigenvalue weighted by Gasteiger charge is -2.31. The van der Waals surface area contributed by atoms with Crippen LogP contribution in [0.2, 0.25) is 0 Å². The molecule has 0 aromatic heterocycles. The molecule has 1 aliphatic rings. The molecular formula is C13H16FNO3. The van der Waals surface area contributed by atoms with Crippen LogP contribution < -0.4 is 0 Å². The zero-order chi connectivity index (χ0) is 13.1. The van der Waals surface area contributed by atoms with E-state index >= 15 is 0 Å². The molecule has 1 aromatic rings. The summed E-state index contributed by atoms with van der Waals surface area (Å²) in [6, 6.07) is 4.66. The van der Waals surface area contributed by atoms with Crippen molar-refractivity contribution in [3.05, 3.63) is 35.1 Å². The van der Waals surface area contributed by atoms with Gasteiger partial charge in [0.2, 0.25) is 0 Å². The second-order valence-electron chi connectivity index (χ2n) is 4.50. The largest absolute Gasteiger partial charge is 0.479 e. The number of ether oxygens (including phenoxy) is 1. The Balaban J connectivity index is 2.02. The molecule has 4 nitrogen and oxygen atoms in total. The summed E-state index contributed by atoms with van der Waals surface area (Å²) < 4.78 is 18.1. The Labute approximate surface area is 105 Å². The molecule has 5 heteroatoms. The fourth-order valence-electron chi connectivity index (χ4n) is 2.07. The third-order valence-corrected chi connectivity index (χ3v) is 3.12. The number of carbonyl (C=O) groups is 1. The first-order chi connectivity index (χ1) is 8.56. The number of hydrogen-bond acceptors (Lipinski definition) is 3. The minimum Gasteiger partial charge on any atom is -0.479 e. The first-order valence-electron chi connectivity index (χ1n) is 5.88. The maximum Gasteiger partial charge on any atom is 0.334 e. The van der Waals surface area contributed by atoms with Crippen LogP contribution in [0.15, 0.2) is 18.2 Å². The van der Waals surface area contributed by atoms with Gasteiger partial charge in [0.1, 0.15) is 5.82 Å². The average Bonchev–Trinajstić information content (AvgIpc) is 2.33. The highest BCUT2D eigenvalue weighted by molar-refractivity contribution is 5.72. The molecule has 18 heavy (non-hydrogen) atoms. The van der Waals surface area contributed by atoms with Gasteiger partial charge in [0.25, 0.3) is 0 Å². The lowest BCUT2D eigenvalue weighted by atomic mass is 10.1. The lowest BCUT2D eigenvalue weighted by Crippen LogP contribution is -2.45. The van der Waals surface area contributed by atoms with Gasteiger partial charge in [0.15, 0.2) is 6.10 Å². The maximum atomic E-state index is 13.0. The fraction of sp³-hybridized carbons (Fsp3) is 0.462. The minimum atomic E-state index is -0.935. The van der Waals surface area contributed by atoms with E-state index < -0.39 is 12.1 Å². The van der Waals surface area contributed by atoms with Crippen molar-refractivity contribution in [2.75, 3.05) is 19.7 Å². The van der Waals surface area contributed by atoms with E-state index in [0.717, 1.165) is 11.1 Å². The topological polar surface area (TPSA) is 49.8 Å². The third kappa shape index (κ3) is 3.05. The normalized spacial score (nSPS) is 20.9. The van der Waals surface area contributed by atoms with Crippen molar-refractivity contribution >= 4 is 5.97 Å². The maximum absolute atomic E-state index is 13.0. The molecule has 1 aromatic carbocycles. The van der Waals surface area contributed by atoms with Crippen LogP contribution in [0.25, 0.3) is 0 Å².